The molecule has 0 heterocycles. The first-order chi connectivity index (χ1) is 8.99. The molecule has 0 spiro atoms. The van der Waals surface area contributed by atoms with E-state index >= 15 is 0 Å². The van der Waals surface area contributed by atoms with Crippen LogP contribution in [0.25, 0.3) is 10.4 Å². The summed E-state index contributed by atoms with van der Waals surface area (Å²) < 4.78 is 5.53. The van der Waals surface area contributed by atoms with Gasteiger partial charge >= 0.3 is 0 Å². The summed E-state index contributed by atoms with van der Waals surface area (Å²) in [6.45, 7) is 6.47. The standard InChI is InChI=1S/C15H21N3O/c1-10(17-18-16)9-11-5-6-12-14(11)13(19-4)7-8-15(12,2)3/h5-7,10-11H,8-9H2,1-4H3. The quantitative estimate of drug-likeness (QED) is 0.416. The average molecular weight is 259 g/mol. The first-order valence-corrected chi connectivity index (χ1v) is 6.71. The van der Waals surface area contributed by atoms with Crippen LogP contribution in [0, 0.1) is 11.3 Å². The first kappa shape index (κ1) is 13.8. The lowest BCUT2D eigenvalue weighted by Gasteiger charge is -2.32. The Morgan fingerprint density at radius 1 is 1.58 bits per heavy atom. The fourth-order valence-electron chi connectivity index (χ4n) is 2.96. The van der Waals surface area contributed by atoms with Crippen molar-refractivity contribution >= 4 is 0 Å². The summed E-state index contributed by atoms with van der Waals surface area (Å²) in [5.74, 6) is 1.28. The van der Waals surface area contributed by atoms with Gasteiger partial charge in [-0.3, -0.25) is 0 Å². The smallest absolute Gasteiger partial charge is 0.118 e. The maximum atomic E-state index is 8.52. The van der Waals surface area contributed by atoms with E-state index in [4.69, 9.17) is 10.3 Å². The molecule has 102 valence electrons. The van der Waals surface area contributed by atoms with Crippen molar-refractivity contribution in [3.05, 3.63) is 45.6 Å². The predicted molar refractivity (Wildman–Crippen MR) is 76.4 cm³/mol. The maximum Gasteiger partial charge on any atom is 0.118 e. The molecule has 0 aromatic heterocycles. The highest BCUT2D eigenvalue weighted by atomic mass is 16.5. The van der Waals surface area contributed by atoms with E-state index in [-0.39, 0.29) is 11.5 Å². The molecule has 0 amide bonds. The second-order valence-electron chi connectivity index (χ2n) is 5.94. The maximum absolute atomic E-state index is 8.52. The monoisotopic (exact) mass is 259 g/mol. The van der Waals surface area contributed by atoms with Crippen molar-refractivity contribution in [2.24, 2.45) is 16.4 Å². The van der Waals surface area contributed by atoms with Crippen LogP contribution in [0.2, 0.25) is 0 Å². The topological polar surface area (TPSA) is 58.0 Å². The van der Waals surface area contributed by atoms with Gasteiger partial charge in [0.25, 0.3) is 0 Å². The summed E-state index contributed by atoms with van der Waals surface area (Å²) in [6.07, 6.45) is 8.44. The molecule has 0 radical (unpaired) electrons. The summed E-state index contributed by atoms with van der Waals surface area (Å²) in [6, 6.07) is -0.00496. The third-order valence-corrected chi connectivity index (χ3v) is 4.01. The van der Waals surface area contributed by atoms with Crippen molar-refractivity contribution in [2.75, 3.05) is 7.11 Å². The number of hydrogen-bond acceptors (Lipinski definition) is 2. The van der Waals surface area contributed by atoms with Crippen LogP contribution in [0.3, 0.4) is 0 Å². The number of ether oxygens (including phenoxy) is 1. The Hall–Kier alpha value is -1.67. The number of azide groups is 1. The fourth-order valence-corrected chi connectivity index (χ4v) is 2.96. The molecule has 2 aliphatic carbocycles. The van der Waals surface area contributed by atoms with Gasteiger partial charge in [-0.05, 0) is 35.4 Å². The van der Waals surface area contributed by atoms with Gasteiger partial charge in [-0.2, -0.15) is 0 Å². The number of hydrogen-bond donors (Lipinski definition) is 0. The van der Waals surface area contributed by atoms with Crippen LogP contribution in [0.5, 0.6) is 0 Å². The molecule has 2 atom stereocenters. The highest BCUT2D eigenvalue weighted by Crippen LogP contribution is 2.47. The highest BCUT2D eigenvalue weighted by Gasteiger charge is 2.36. The van der Waals surface area contributed by atoms with Crippen LogP contribution in [0.4, 0.5) is 0 Å². The number of rotatable bonds is 4. The molecule has 4 nitrogen and oxygen atoms in total. The Kier molecular flexibility index (Phi) is 3.72. The zero-order valence-corrected chi connectivity index (χ0v) is 12.1. The molecule has 4 heteroatoms. The van der Waals surface area contributed by atoms with E-state index in [2.05, 4.69) is 42.1 Å². The lowest BCUT2D eigenvalue weighted by molar-refractivity contribution is 0.279. The van der Waals surface area contributed by atoms with Crippen molar-refractivity contribution in [3.63, 3.8) is 0 Å². The van der Waals surface area contributed by atoms with E-state index < -0.39 is 0 Å². The normalized spacial score (nSPS) is 25.5. The number of methoxy groups -OCH3 is 1. The minimum absolute atomic E-state index is 0.00496. The van der Waals surface area contributed by atoms with Crippen molar-refractivity contribution in [2.45, 2.75) is 39.7 Å². The molecule has 19 heavy (non-hydrogen) atoms. The Morgan fingerprint density at radius 3 is 2.95 bits per heavy atom. The van der Waals surface area contributed by atoms with Gasteiger partial charge in [0, 0.05) is 22.4 Å². The Morgan fingerprint density at radius 2 is 2.32 bits per heavy atom. The first-order valence-electron chi connectivity index (χ1n) is 6.71. The van der Waals surface area contributed by atoms with E-state index in [1.54, 1.807) is 7.11 Å². The minimum Gasteiger partial charge on any atom is -0.497 e. The third kappa shape index (κ3) is 2.54. The molecule has 0 aromatic rings. The van der Waals surface area contributed by atoms with E-state index in [9.17, 15) is 0 Å². The highest BCUT2D eigenvalue weighted by molar-refractivity contribution is 5.51. The molecule has 0 N–H and O–H groups in total. The van der Waals surface area contributed by atoms with Gasteiger partial charge in [-0.1, -0.05) is 38.0 Å². The average Bonchev–Trinajstić information content (AvgIpc) is 2.75. The molecule has 0 aromatic carbocycles. The van der Waals surface area contributed by atoms with Crippen molar-refractivity contribution in [3.8, 4) is 0 Å². The van der Waals surface area contributed by atoms with Crippen molar-refractivity contribution < 1.29 is 4.74 Å². The second kappa shape index (κ2) is 5.14. The van der Waals surface area contributed by atoms with E-state index in [1.165, 1.54) is 11.1 Å². The Labute approximate surface area is 114 Å². The zero-order valence-electron chi connectivity index (χ0n) is 12.1. The van der Waals surface area contributed by atoms with Gasteiger partial charge in [-0.15, -0.1) is 0 Å². The third-order valence-electron chi connectivity index (χ3n) is 4.01. The molecule has 0 saturated carbocycles. The summed E-state index contributed by atoms with van der Waals surface area (Å²) in [7, 11) is 1.72. The molecule has 0 bridgehead atoms. The van der Waals surface area contributed by atoms with Crippen molar-refractivity contribution in [1.82, 2.24) is 0 Å². The van der Waals surface area contributed by atoms with Crippen LogP contribution in [0.1, 0.15) is 33.6 Å². The van der Waals surface area contributed by atoms with Crippen LogP contribution in [-0.2, 0) is 4.74 Å². The summed E-state index contributed by atoms with van der Waals surface area (Å²) in [4.78, 5) is 2.89. The van der Waals surface area contributed by atoms with Gasteiger partial charge in [-0.25, -0.2) is 0 Å². The molecule has 2 rings (SSSR count). The van der Waals surface area contributed by atoms with Crippen LogP contribution in [0.15, 0.2) is 40.2 Å². The predicted octanol–water partition coefficient (Wildman–Crippen LogP) is 4.52. The van der Waals surface area contributed by atoms with Crippen LogP contribution < -0.4 is 0 Å². The van der Waals surface area contributed by atoms with Gasteiger partial charge in [0.05, 0.1) is 7.11 Å². The lowest BCUT2D eigenvalue weighted by Crippen LogP contribution is -2.21. The lowest BCUT2D eigenvalue weighted by atomic mass is 9.74. The number of allylic oxidation sites excluding steroid dienone is 5. The fraction of sp³-hybridized carbons (Fsp3) is 0.600. The van der Waals surface area contributed by atoms with Gasteiger partial charge in [0.1, 0.15) is 5.76 Å². The zero-order chi connectivity index (χ0) is 14.0. The summed E-state index contributed by atoms with van der Waals surface area (Å²) >= 11 is 0. The molecule has 0 aliphatic heterocycles. The van der Waals surface area contributed by atoms with Gasteiger partial charge < -0.3 is 4.74 Å². The van der Waals surface area contributed by atoms with E-state index in [0.29, 0.717) is 5.92 Å². The van der Waals surface area contributed by atoms with E-state index in [0.717, 1.165) is 18.6 Å². The molecule has 0 fully saturated rings. The largest absolute Gasteiger partial charge is 0.497 e. The van der Waals surface area contributed by atoms with Crippen LogP contribution >= 0.6 is 0 Å². The minimum atomic E-state index is -0.00496. The second-order valence-corrected chi connectivity index (χ2v) is 5.94. The molecular formula is C15H21N3O. The molecule has 2 unspecified atom stereocenters. The van der Waals surface area contributed by atoms with Crippen molar-refractivity contribution in [1.29, 1.82) is 0 Å². The Balaban J connectivity index is 2.30. The molecule has 0 saturated heterocycles. The summed E-state index contributed by atoms with van der Waals surface area (Å²) in [5, 5.41) is 3.78. The summed E-state index contributed by atoms with van der Waals surface area (Å²) in [5.41, 5.74) is 11.3. The van der Waals surface area contributed by atoms with Gasteiger partial charge in [0.15, 0.2) is 0 Å². The molecule has 2 aliphatic rings. The number of nitrogens with zero attached hydrogens (tertiary/aromatic N) is 3. The Bertz CT molecular complexity index is 507. The van der Waals surface area contributed by atoms with E-state index in [1.807, 2.05) is 6.92 Å². The SMILES string of the molecule is COC1=CCC(C)(C)C2=C1C(CC(C)N=[N+]=[N-])C=C2. The van der Waals surface area contributed by atoms with Gasteiger partial charge in [0.2, 0.25) is 0 Å². The molecular weight excluding hydrogens is 238 g/mol. The van der Waals surface area contributed by atoms with Crippen LogP contribution in [-0.4, -0.2) is 13.2 Å².